The molecule has 0 aliphatic carbocycles. The number of nitrogens with zero attached hydrogens (tertiary/aromatic N) is 3. The van der Waals surface area contributed by atoms with Gasteiger partial charge in [-0.05, 0) is 24.8 Å². The molecule has 2 unspecified atom stereocenters. The molecule has 0 saturated carbocycles. The molecule has 27 heavy (non-hydrogen) atoms. The number of aromatic nitrogens is 2. The van der Waals surface area contributed by atoms with Crippen molar-refractivity contribution in [1.29, 1.82) is 0 Å². The van der Waals surface area contributed by atoms with Crippen molar-refractivity contribution in [2.24, 2.45) is 5.92 Å². The molecule has 3 rings (SSSR count). The lowest BCUT2D eigenvalue weighted by atomic mass is 10.1. The van der Waals surface area contributed by atoms with Crippen LogP contribution in [0.1, 0.15) is 24.8 Å². The Kier molecular flexibility index (Phi) is 6.21. The van der Waals surface area contributed by atoms with Crippen molar-refractivity contribution >= 4 is 27.5 Å². The number of benzene rings is 1. The van der Waals surface area contributed by atoms with Crippen LogP contribution in [0.4, 0.5) is 0 Å². The third-order valence-corrected chi connectivity index (χ3v) is 7.26. The normalized spacial score (nSPS) is 19.7. The molecule has 0 bridgehead atoms. The topological polar surface area (TPSA) is 93.4 Å². The summed E-state index contributed by atoms with van der Waals surface area (Å²) in [5.74, 6) is 0.843. The zero-order chi connectivity index (χ0) is 19.4. The predicted molar refractivity (Wildman–Crippen MR) is 103 cm³/mol. The number of amides is 1. The Labute approximate surface area is 163 Å². The van der Waals surface area contributed by atoms with Gasteiger partial charge in [0.25, 0.3) is 5.22 Å². The fourth-order valence-corrected chi connectivity index (χ4v) is 5.77. The molecule has 2 aromatic rings. The van der Waals surface area contributed by atoms with Gasteiger partial charge in [0.1, 0.15) is 0 Å². The lowest BCUT2D eigenvalue weighted by molar-refractivity contribution is -0.129. The molecule has 0 radical (unpaired) electrons. The average molecular weight is 410 g/mol. The number of rotatable bonds is 7. The van der Waals surface area contributed by atoms with Crippen molar-refractivity contribution in [2.45, 2.75) is 36.8 Å². The Bertz CT molecular complexity index is 883. The number of hydrogen-bond acceptors (Lipinski definition) is 7. The fraction of sp³-hybridized carbons (Fsp3) is 0.500. The van der Waals surface area contributed by atoms with Gasteiger partial charge < -0.3 is 9.32 Å². The third kappa shape index (κ3) is 5.55. The first-order valence-corrected chi connectivity index (χ1v) is 11.5. The summed E-state index contributed by atoms with van der Waals surface area (Å²) in [6, 6.07) is 9.80. The van der Waals surface area contributed by atoms with Crippen molar-refractivity contribution < 1.29 is 17.6 Å². The summed E-state index contributed by atoms with van der Waals surface area (Å²) in [5.41, 5.74) is 1.07. The molecule has 0 spiro atoms. The van der Waals surface area contributed by atoms with E-state index in [1.165, 1.54) is 11.8 Å². The summed E-state index contributed by atoms with van der Waals surface area (Å²) in [6.45, 7) is 2.34. The number of hydrogen-bond donors (Lipinski definition) is 0. The molecule has 146 valence electrons. The molecule has 1 aliphatic heterocycles. The van der Waals surface area contributed by atoms with E-state index in [2.05, 4.69) is 10.2 Å². The van der Waals surface area contributed by atoms with E-state index in [4.69, 9.17) is 4.42 Å². The van der Waals surface area contributed by atoms with Crippen LogP contribution in [0.2, 0.25) is 0 Å². The Hall–Kier alpha value is -1.87. The second-order valence-corrected chi connectivity index (χ2v) is 10.4. The van der Waals surface area contributed by atoms with E-state index in [-0.39, 0.29) is 28.6 Å². The Morgan fingerprint density at radius 2 is 2.07 bits per heavy atom. The molecule has 1 aromatic carbocycles. The van der Waals surface area contributed by atoms with Crippen LogP contribution in [-0.4, -0.2) is 53.2 Å². The van der Waals surface area contributed by atoms with Gasteiger partial charge in [-0.15, -0.1) is 10.2 Å². The molecule has 2 atom stereocenters. The first-order valence-electron chi connectivity index (χ1n) is 8.81. The molecule has 1 saturated heterocycles. The third-order valence-electron chi connectivity index (χ3n) is 4.50. The van der Waals surface area contributed by atoms with Crippen LogP contribution < -0.4 is 0 Å². The van der Waals surface area contributed by atoms with Gasteiger partial charge in [-0.25, -0.2) is 8.42 Å². The Balaban J connectivity index is 1.52. The smallest absolute Gasteiger partial charge is 0.277 e. The van der Waals surface area contributed by atoms with Gasteiger partial charge in [-0.2, -0.15) is 0 Å². The van der Waals surface area contributed by atoms with Gasteiger partial charge in [-0.1, -0.05) is 42.1 Å². The monoisotopic (exact) mass is 409 g/mol. The van der Waals surface area contributed by atoms with Gasteiger partial charge in [0.15, 0.2) is 9.84 Å². The van der Waals surface area contributed by atoms with Crippen LogP contribution >= 0.6 is 11.8 Å². The largest absolute Gasteiger partial charge is 0.416 e. The van der Waals surface area contributed by atoms with E-state index in [9.17, 15) is 13.2 Å². The van der Waals surface area contributed by atoms with Crippen molar-refractivity contribution in [3.63, 3.8) is 0 Å². The van der Waals surface area contributed by atoms with E-state index in [1.807, 2.05) is 37.3 Å². The number of carbonyl (C=O) groups is 1. The maximum absolute atomic E-state index is 12.6. The first kappa shape index (κ1) is 19.9. The van der Waals surface area contributed by atoms with Crippen molar-refractivity contribution in [1.82, 2.24) is 15.1 Å². The van der Waals surface area contributed by atoms with E-state index < -0.39 is 9.84 Å². The van der Waals surface area contributed by atoms with E-state index in [0.29, 0.717) is 30.5 Å². The summed E-state index contributed by atoms with van der Waals surface area (Å²) >= 11 is 1.22. The Morgan fingerprint density at radius 1 is 1.33 bits per heavy atom. The summed E-state index contributed by atoms with van der Waals surface area (Å²) in [5, 5.41) is 7.95. The minimum Gasteiger partial charge on any atom is -0.416 e. The quantitative estimate of drug-likeness (QED) is 0.647. The SMILES string of the molecule is CC(Sc1nnc(CC2CCS(=O)(=O)C2)o1)C(=O)N(C)Cc1ccccc1. The van der Waals surface area contributed by atoms with Gasteiger partial charge in [-0.3, -0.25) is 4.79 Å². The van der Waals surface area contributed by atoms with Crippen LogP contribution in [0.5, 0.6) is 0 Å². The molecular formula is C18H23N3O4S2. The second kappa shape index (κ2) is 8.43. The zero-order valence-corrected chi connectivity index (χ0v) is 17.0. The molecule has 1 aliphatic rings. The molecule has 0 N–H and O–H groups in total. The molecule has 1 fully saturated rings. The minimum atomic E-state index is -2.92. The maximum Gasteiger partial charge on any atom is 0.277 e. The van der Waals surface area contributed by atoms with Crippen LogP contribution in [-0.2, 0) is 27.6 Å². The minimum absolute atomic E-state index is 0.0227. The van der Waals surface area contributed by atoms with Crippen LogP contribution in [0.15, 0.2) is 40.0 Å². The number of sulfone groups is 1. The highest BCUT2D eigenvalue weighted by atomic mass is 32.2. The van der Waals surface area contributed by atoms with Gasteiger partial charge in [0, 0.05) is 20.0 Å². The molecule has 1 amide bonds. The molecule has 2 heterocycles. The van der Waals surface area contributed by atoms with Crippen LogP contribution in [0, 0.1) is 5.92 Å². The molecule has 7 nitrogen and oxygen atoms in total. The average Bonchev–Trinajstić information content (AvgIpc) is 3.20. The van der Waals surface area contributed by atoms with Crippen molar-refractivity contribution in [3.8, 4) is 0 Å². The highest BCUT2D eigenvalue weighted by Gasteiger charge is 2.29. The lowest BCUT2D eigenvalue weighted by Gasteiger charge is -2.20. The van der Waals surface area contributed by atoms with Gasteiger partial charge >= 0.3 is 0 Å². The molecule has 9 heteroatoms. The maximum atomic E-state index is 12.6. The summed E-state index contributed by atoms with van der Waals surface area (Å²) in [7, 11) is -1.15. The molecular weight excluding hydrogens is 386 g/mol. The van der Waals surface area contributed by atoms with Gasteiger partial charge in [0.2, 0.25) is 11.8 Å². The van der Waals surface area contributed by atoms with E-state index in [0.717, 1.165) is 5.56 Å². The fourth-order valence-electron chi connectivity index (χ4n) is 3.10. The van der Waals surface area contributed by atoms with Crippen LogP contribution in [0.3, 0.4) is 0 Å². The number of thioether (sulfide) groups is 1. The summed E-state index contributed by atoms with van der Waals surface area (Å²) < 4.78 is 28.7. The van der Waals surface area contributed by atoms with Gasteiger partial charge in [0.05, 0.1) is 16.8 Å². The zero-order valence-electron chi connectivity index (χ0n) is 15.4. The van der Waals surface area contributed by atoms with Crippen LogP contribution in [0.25, 0.3) is 0 Å². The summed E-state index contributed by atoms with van der Waals surface area (Å²) in [4.78, 5) is 14.2. The Morgan fingerprint density at radius 3 is 2.74 bits per heavy atom. The summed E-state index contributed by atoms with van der Waals surface area (Å²) in [6.07, 6.45) is 1.09. The van der Waals surface area contributed by atoms with E-state index in [1.54, 1.807) is 11.9 Å². The highest BCUT2D eigenvalue weighted by Crippen LogP contribution is 2.26. The highest BCUT2D eigenvalue weighted by molar-refractivity contribution is 8.00. The standard InChI is InChI=1S/C18H23N3O4S2/c1-13(17(22)21(2)11-14-6-4-3-5-7-14)26-18-20-19-16(25-18)10-15-8-9-27(23,24)12-15/h3-7,13,15H,8-12H2,1-2H3. The molecule has 1 aromatic heterocycles. The number of carbonyl (C=O) groups excluding carboxylic acids is 1. The predicted octanol–water partition coefficient (Wildman–Crippen LogP) is 2.19. The lowest BCUT2D eigenvalue weighted by Crippen LogP contribution is -2.32. The second-order valence-electron chi connectivity index (χ2n) is 6.87. The van der Waals surface area contributed by atoms with Crippen molar-refractivity contribution in [3.05, 3.63) is 41.8 Å². The first-order chi connectivity index (χ1) is 12.8. The van der Waals surface area contributed by atoms with E-state index >= 15 is 0 Å². The van der Waals surface area contributed by atoms with Crippen molar-refractivity contribution in [2.75, 3.05) is 18.6 Å².